The molecule has 10 heteroatoms. The van der Waals surface area contributed by atoms with E-state index in [9.17, 15) is 26.0 Å². The van der Waals surface area contributed by atoms with E-state index < -0.39 is 48.7 Å². The molecule has 0 radical (unpaired) electrons. The van der Waals surface area contributed by atoms with Gasteiger partial charge in [-0.15, -0.1) is 0 Å². The lowest BCUT2D eigenvalue weighted by Crippen LogP contribution is -2.22. The highest BCUT2D eigenvalue weighted by Gasteiger charge is 2.16. The number of carboxylic acid groups (broad SMARTS) is 1. The number of hydrogen-bond donors (Lipinski definition) is 2. The van der Waals surface area contributed by atoms with Crippen molar-refractivity contribution in [3.05, 3.63) is 29.6 Å². The molecule has 0 amide bonds. The number of benzene rings is 1. The number of rotatable bonds is 6. The molecule has 0 atom stereocenters. The predicted molar refractivity (Wildman–Crippen MR) is 70.5 cm³/mol. The number of anilines is 1. The first-order valence-corrected chi connectivity index (χ1v) is 8.92. The molecular weight excluding hydrogens is 313 g/mol. The summed E-state index contributed by atoms with van der Waals surface area (Å²) in [6, 6.07) is 2.69. The molecule has 20 heavy (non-hydrogen) atoms. The van der Waals surface area contributed by atoms with E-state index in [0.717, 1.165) is 18.4 Å². The van der Waals surface area contributed by atoms with Crippen molar-refractivity contribution in [3.63, 3.8) is 0 Å². The quantitative estimate of drug-likeness (QED) is 0.777. The Balaban J connectivity index is 2.88. The molecule has 0 fully saturated rings. The SMILES string of the molecule is CS(=O)(=O)CCS(=O)(=O)Nc1ccc(C(=O)O)c(F)c1. The largest absolute Gasteiger partial charge is 0.478 e. The fourth-order valence-corrected chi connectivity index (χ4v) is 3.92. The lowest BCUT2D eigenvalue weighted by molar-refractivity contribution is 0.0692. The Labute approximate surface area is 115 Å². The van der Waals surface area contributed by atoms with Crippen molar-refractivity contribution in [2.45, 2.75) is 0 Å². The molecule has 1 aromatic carbocycles. The second-order valence-electron chi connectivity index (χ2n) is 4.05. The van der Waals surface area contributed by atoms with Gasteiger partial charge >= 0.3 is 5.97 Å². The van der Waals surface area contributed by atoms with Gasteiger partial charge < -0.3 is 5.11 Å². The Morgan fingerprint density at radius 2 is 1.85 bits per heavy atom. The zero-order valence-corrected chi connectivity index (χ0v) is 12.0. The van der Waals surface area contributed by atoms with Crippen molar-refractivity contribution in [3.8, 4) is 0 Å². The van der Waals surface area contributed by atoms with Gasteiger partial charge in [-0.3, -0.25) is 4.72 Å². The number of nitrogens with one attached hydrogen (secondary N) is 1. The Morgan fingerprint density at radius 1 is 1.25 bits per heavy atom. The molecule has 0 aliphatic carbocycles. The highest BCUT2D eigenvalue weighted by Crippen LogP contribution is 2.16. The van der Waals surface area contributed by atoms with Gasteiger partial charge in [0.25, 0.3) is 0 Å². The maximum absolute atomic E-state index is 13.3. The summed E-state index contributed by atoms with van der Waals surface area (Å²) < 4.78 is 60.2. The molecule has 0 saturated carbocycles. The number of carboxylic acids is 1. The Morgan fingerprint density at radius 3 is 2.30 bits per heavy atom. The molecule has 1 rings (SSSR count). The molecule has 0 aliphatic heterocycles. The van der Waals surface area contributed by atoms with Crippen LogP contribution in [-0.2, 0) is 19.9 Å². The monoisotopic (exact) mass is 325 g/mol. The van der Waals surface area contributed by atoms with Crippen molar-refractivity contribution in [2.24, 2.45) is 0 Å². The maximum Gasteiger partial charge on any atom is 0.338 e. The fraction of sp³-hybridized carbons (Fsp3) is 0.300. The zero-order chi connectivity index (χ0) is 15.6. The summed E-state index contributed by atoms with van der Waals surface area (Å²) in [6.07, 6.45) is 0.893. The standard InChI is InChI=1S/C10H12FNO6S2/c1-19(15,16)4-5-20(17,18)12-7-2-3-8(10(13)14)9(11)6-7/h2-3,6,12H,4-5H2,1H3,(H,13,14). The molecule has 1 aromatic rings. The molecule has 0 bridgehead atoms. The third-order valence-corrected chi connectivity index (χ3v) is 4.69. The molecule has 7 nitrogen and oxygen atoms in total. The number of aromatic carboxylic acids is 1. The summed E-state index contributed by atoms with van der Waals surface area (Å²) in [5.41, 5.74) is -0.773. The minimum atomic E-state index is -3.96. The summed E-state index contributed by atoms with van der Waals surface area (Å²) in [4.78, 5) is 10.6. The van der Waals surface area contributed by atoms with E-state index in [4.69, 9.17) is 5.11 Å². The average molecular weight is 325 g/mol. The second-order valence-corrected chi connectivity index (χ2v) is 8.15. The van der Waals surface area contributed by atoms with Crippen LogP contribution in [0.4, 0.5) is 10.1 Å². The Hall–Kier alpha value is -1.68. The van der Waals surface area contributed by atoms with E-state index in [1.165, 1.54) is 0 Å². The molecular formula is C10H12FNO6S2. The topological polar surface area (TPSA) is 118 Å². The predicted octanol–water partition coefficient (Wildman–Crippen LogP) is 0.310. The molecule has 112 valence electrons. The third-order valence-electron chi connectivity index (χ3n) is 2.20. The Bertz CT molecular complexity index is 726. The van der Waals surface area contributed by atoms with Gasteiger partial charge in [-0.2, -0.15) is 0 Å². The Kier molecular flexibility index (Phi) is 4.71. The molecule has 2 N–H and O–H groups in total. The van der Waals surface area contributed by atoms with Crippen molar-refractivity contribution in [2.75, 3.05) is 22.5 Å². The van der Waals surface area contributed by atoms with E-state index in [-0.39, 0.29) is 5.69 Å². The van der Waals surface area contributed by atoms with E-state index in [2.05, 4.69) is 0 Å². The number of sulfone groups is 1. The van der Waals surface area contributed by atoms with Gasteiger partial charge in [0.05, 0.1) is 22.8 Å². The molecule has 0 heterocycles. The fourth-order valence-electron chi connectivity index (χ4n) is 1.24. The van der Waals surface area contributed by atoms with Crippen LogP contribution in [0.25, 0.3) is 0 Å². The second kappa shape index (κ2) is 5.75. The lowest BCUT2D eigenvalue weighted by Gasteiger charge is -2.08. The average Bonchev–Trinajstić information content (AvgIpc) is 2.24. The van der Waals surface area contributed by atoms with Crippen LogP contribution in [0.3, 0.4) is 0 Å². The highest BCUT2D eigenvalue weighted by molar-refractivity contribution is 7.95. The van der Waals surface area contributed by atoms with Crippen LogP contribution in [0, 0.1) is 5.82 Å². The smallest absolute Gasteiger partial charge is 0.338 e. The third kappa shape index (κ3) is 5.13. The van der Waals surface area contributed by atoms with E-state index >= 15 is 0 Å². The first-order chi connectivity index (χ1) is 9.00. The van der Waals surface area contributed by atoms with Crippen molar-refractivity contribution in [1.29, 1.82) is 0 Å². The van der Waals surface area contributed by atoms with Gasteiger partial charge in [0, 0.05) is 6.26 Å². The van der Waals surface area contributed by atoms with Gasteiger partial charge in [0.15, 0.2) is 0 Å². The highest BCUT2D eigenvalue weighted by atomic mass is 32.2. The summed E-state index contributed by atoms with van der Waals surface area (Å²) in [7, 11) is -7.41. The van der Waals surface area contributed by atoms with E-state index in [1.807, 2.05) is 4.72 Å². The van der Waals surface area contributed by atoms with Gasteiger partial charge in [-0.1, -0.05) is 0 Å². The molecule has 0 aromatic heterocycles. The van der Waals surface area contributed by atoms with Crippen LogP contribution in [0.15, 0.2) is 18.2 Å². The molecule has 0 spiro atoms. The summed E-state index contributed by atoms with van der Waals surface area (Å²) in [5, 5.41) is 8.62. The van der Waals surface area contributed by atoms with Crippen LogP contribution < -0.4 is 4.72 Å². The van der Waals surface area contributed by atoms with Crippen LogP contribution in [0.5, 0.6) is 0 Å². The maximum atomic E-state index is 13.3. The molecule has 0 unspecified atom stereocenters. The van der Waals surface area contributed by atoms with Crippen LogP contribution >= 0.6 is 0 Å². The van der Waals surface area contributed by atoms with Crippen molar-refractivity contribution in [1.82, 2.24) is 0 Å². The van der Waals surface area contributed by atoms with E-state index in [1.54, 1.807) is 0 Å². The first-order valence-electron chi connectivity index (χ1n) is 5.21. The van der Waals surface area contributed by atoms with Crippen LogP contribution in [0.1, 0.15) is 10.4 Å². The molecule has 0 saturated heterocycles. The first kappa shape index (κ1) is 16.4. The normalized spacial score (nSPS) is 12.1. The summed E-state index contributed by atoms with van der Waals surface area (Å²) in [6.45, 7) is 0. The zero-order valence-electron chi connectivity index (χ0n) is 10.3. The minimum absolute atomic E-state index is 0.180. The van der Waals surface area contributed by atoms with Crippen LogP contribution in [0.2, 0.25) is 0 Å². The minimum Gasteiger partial charge on any atom is -0.478 e. The van der Waals surface area contributed by atoms with Gasteiger partial charge in [0.2, 0.25) is 10.0 Å². The summed E-state index contributed by atoms with van der Waals surface area (Å²) >= 11 is 0. The summed E-state index contributed by atoms with van der Waals surface area (Å²) in [5.74, 6) is -3.82. The molecule has 0 aliphatic rings. The number of halogens is 1. The van der Waals surface area contributed by atoms with Crippen molar-refractivity contribution < 1.29 is 31.1 Å². The van der Waals surface area contributed by atoms with Gasteiger partial charge in [0.1, 0.15) is 15.7 Å². The number of carbonyl (C=O) groups is 1. The van der Waals surface area contributed by atoms with E-state index in [0.29, 0.717) is 6.07 Å². The number of hydrogen-bond acceptors (Lipinski definition) is 5. The van der Waals surface area contributed by atoms with Crippen LogP contribution in [-0.4, -0.2) is 45.7 Å². The van der Waals surface area contributed by atoms with Gasteiger partial charge in [-0.05, 0) is 18.2 Å². The van der Waals surface area contributed by atoms with Gasteiger partial charge in [-0.25, -0.2) is 26.0 Å². The number of sulfonamides is 1. The van der Waals surface area contributed by atoms with Crippen molar-refractivity contribution >= 4 is 31.5 Å². The lowest BCUT2D eigenvalue weighted by atomic mass is 10.2.